The number of ether oxygens (including phenoxy) is 1. The summed E-state index contributed by atoms with van der Waals surface area (Å²) in [6.07, 6.45) is 1.59. The van der Waals surface area contributed by atoms with Crippen molar-refractivity contribution in [2.24, 2.45) is 4.99 Å². The summed E-state index contributed by atoms with van der Waals surface area (Å²) >= 11 is 0. The molecule has 0 bridgehead atoms. The number of rotatable bonds is 7. The minimum Gasteiger partial charge on any atom is -0.465 e. The Labute approximate surface area is 176 Å². The molecule has 5 nitrogen and oxygen atoms in total. The van der Waals surface area contributed by atoms with Gasteiger partial charge in [-0.3, -0.25) is 4.99 Å². The van der Waals surface area contributed by atoms with Gasteiger partial charge in [0.25, 0.3) is 0 Å². The van der Waals surface area contributed by atoms with Crippen molar-refractivity contribution in [2.75, 3.05) is 27.2 Å². The average molecular weight is 485 g/mol. The lowest BCUT2D eigenvalue weighted by atomic mass is 10.1. The predicted molar refractivity (Wildman–Crippen MR) is 116 cm³/mol. The van der Waals surface area contributed by atoms with Gasteiger partial charge < -0.3 is 15.4 Å². The molecule has 2 aromatic rings. The number of hydrogen-bond acceptors (Lipinski definition) is 3. The molecule has 2 rings (SSSR count). The Morgan fingerprint density at radius 1 is 0.963 bits per heavy atom. The van der Waals surface area contributed by atoms with Crippen molar-refractivity contribution in [1.82, 2.24) is 10.6 Å². The van der Waals surface area contributed by atoms with Crippen molar-refractivity contribution >= 4 is 35.9 Å². The van der Waals surface area contributed by atoms with Gasteiger partial charge in [-0.25, -0.2) is 9.18 Å². The van der Waals surface area contributed by atoms with Crippen molar-refractivity contribution in [3.8, 4) is 0 Å². The minimum absolute atomic E-state index is 0. The number of nitrogens with one attached hydrogen (secondary N) is 2. The van der Waals surface area contributed by atoms with Crippen molar-refractivity contribution in [3.63, 3.8) is 0 Å². The van der Waals surface area contributed by atoms with E-state index >= 15 is 0 Å². The van der Waals surface area contributed by atoms with Crippen molar-refractivity contribution in [3.05, 3.63) is 71.0 Å². The fraction of sp³-hybridized carbons (Fsp3) is 0.300. The average Bonchev–Trinajstić information content (AvgIpc) is 2.68. The standard InChI is InChI=1S/C20H24FN3O2.HI/c1-22-20(24-14-12-16-5-9-18(21)10-6-16)23-13-11-15-3-7-17(8-4-15)19(25)26-2;/h3-10H,11-14H2,1-2H3,(H2,22,23,24);1H. The van der Waals surface area contributed by atoms with Gasteiger partial charge in [0.15, 0.2) is 5.96 Å². The van der Waals surface area contributed by atoms with E-state index in [1.54, 1.807) is 31.3 Å². The molecule has 0 heterocycles. The van der Waals surface area contributed by atoms with Crippen LogP contribution in [0, 0.1) is 5.82 Å². The van der Waals surface area contributed by atoms with Crippen LogP contribution in [0.4, 0.5) is 4.39 Å². The van der Waals surface area contributed by atoms with Crippen molar-refractivity contribution in [2.45, 2.75) is 12.8 Å². The molecule has 0 aliphatic rings. The number of carbonyl (C=O) groups excluding carboxylic acids is 1. The fourth-order valence-electron chi connectivity index (χ4n) is 2.45. The normalized spacial score (nSPS) is 10.7. The zero-order chi connectivity index (χ0) is 18.8. The first kappa shape index (κ1) is 22.9. The molecule has 0 fully saturated rings. The molecular weight excluding hydrogens is 460 g/mol. The van der Waals surface area contributed by atoms with Gasteiger partial charge in [0, 0.05) is 20.1 Å². The molecule has 0 saturated carbocycles. The summed E-state index contributed by atoms with van der Waals surface area (Å²) < 4.78 is 17.6. The molecule has 0 aromatic heterocycles. The highest BCUT2D eigenvalue weighted by atomic mass is 127. The summed E-state index contributed by atoms with van der Waals surface area (Å²) in [5, 5.41) is 6.48. The third-order valence-electron chi connectivity index (χ3n) is 3.92. The maximum atomic E-state index is 12.9. The molecule has 0 spiro atoms. The summed E-state index contributed by atoms with van der Waals surface area (Å²) in [7, 11) is 3.09. The Morgan fingerprint density at radius 3 is 1.89 bits per heavy atom. The van der Waals surface area contributed by atoms with Crippen LogP contribution in [0.15, 0.2) is 53.5 Å². The van der Waals surface area contributed by atoms with Crippen LogP contribution in [-0.4, -0.2) is 39.2 Å². The first-order valence-electron chi connectivity index (χ1n) is 8.48. The molecule has 0 aliphatic carbocycles. The molecule has 146 valence electrons. The third-order valence-corrected chi connectivity index (χ3v) is 3.92. The van der Waals surface area contributed by atoms with Gasteiger partial charge in [-0.05, 0) is 48.2 Å². The number of methoxy groups -OCH3 is 1. The van der Waals surface area contributed by atoms with E-state index in [0.29, 0.717) is 18.7 Å². The van der Waals surface area contributed by atoms with Crippen LogP contribution in [0.2, 0.25) is 0 Å². The van der Waals surface area contributed by atoms with E-state index in [-0.39, 0.29) is 35.8 Å². The molecule has 0 atom stereocenters. The Kier molecular flexibility index (Phi) is 10.4. The topological polar surface area (TPSA) is 62.7 Å². The van der Waals surface area contributed by atoms with E-state index < -0.39 is 0 Å². The van der Waals surface area contributed by atoms with Crippen LogP contribution >= 0.6 is 24.0 Å². The Balaban J connectivity index is 0.00000364. The summed E-state index contributed by atoms with van der Waals surface area (Å²) in [6, 6.07) is 13.9. The lowest BCUT2D eigenvalue weighted by molar-refractivity contribution is 0.0600. The first-order valence-corrected chi connectivity index (χ1v) is 8.48. The molecule has 0 amide bonds. The second kappa shape index (κ2) is 12.3. The number of nitrogens with zero attached hydrogens (tertiary/aromatic N) is 1. The SMILES string of the molecule is CN=C(NCCc1ccc(F)cc1)NCCc1ccc(C(=O)OC)cc1.I. The van der Waals surface area contributed by atoms with Gasteiger partial charge in [-0.15, -0.1) is 24.0 Å². The number of hydrogen-bond donors (Lipinski definition) is 2. The molecule has 0 radical (unpaired) electrons. The van der Waals surface area contributed by atoms with Crippen molar-refractivity contribution in [1.29, 1.82) is 0 Å². The smallest absolute Gasteiger partial charge is 0.337 e. The molecule has 0 unspecified atom stereocenters. The number of aliphatic imine (C=N–C) groups is 1. The first-order chi connectivity index (χ1) is 12.6. The van der Waals surface area contributed by atoms with Crippen LogP contribution in [0.25, 0.3) is 0 Å². The Hall–Kier alpha value is -2.16. The zero-order valence-electron chi connectivity index (χ0n) is 15.5. The van der Waals surface area contributed by atoms with Crippen LogP contribution in [0.5, 0.6) is 0 Å². The van der Waals surface area contributed by atoms with E-state index in [9.17, 15) is 9.18 Å². The number of benzene rings is 2. The summed E-state index contributed by atoms with van der Waals surface area (Å²) in [6.45, 7) is 1.42. The maximum Gasteiger partial charge on any atom is 0.337 e. The summed E-state index contributed by atoms with van der Waals surface area (Å²) in [5.41, 5.74) is 2.73. The highest BCUT2D eigenvalue weighted by Gasteiger charge is 2.04. The zero-order valence-corrected chi connectivity index (χ0v) is 17.8. The molecule has 27 heavy (non-hydrogen) atoms. The monoisotopic (exact) mass is 485 g/mol. The summed E-state index contributed by atoms with van der Waals surface area (Å²) in [5.74, 6) is 0.164. The van der Waals surface area contributed by atoms with Gasteiger partial charge in [-0.1, -0.05) is 24.3 Å². The van der Waals surface area contributed by atoms with E-state index in [1.165, 1.54) is 19.2 Å². The van der Waals surface area contributed by atoms with E-state index in [4.69, 9.17) is 0 Å². The van der Waals surface area contributed by atoms with Crippen LogP contribution in [0.3, 0.4) is 0 Å². The van der Waals surface area contributed by atoms with Crippen molar-refractivity contribution < 1.29 is 13.9 Å². The molecule has 2 N–H and O–H groups in total. The van der Waals surface area contributed by atoms with Gasteiger partial charge in [0.05, 0.1) is 12.7 Å². The maximum absolute atomic E-state index is 12.9. The molecule has 0 saturated heterocycles. The number of halogens is 2. The van der Waals surface area contributed by atoms with Crippen LogP contribution in [-0.2, 0) is 17.6 Å². The highest BCUT2D eigenvalue weighted by molar-refractivity contribution is 14.0. The van der Waals surface area contributed by atoms with Crippen LogP contribution < -0.4 is 10.6 Å². The number of esters is 1. The van der Waals surface area contributed by atoms with Gasteiger partial charge in [-0.2, -0.15) is 0 Å². The lowest BCUT2D eigenvalue weighted by Crippen LogP contribution is -2.39. The fourth-order valence-corrected chi connectivity index (χ4v) is 2.45. The molecule has 7 heteroatoms. The Morgan fingerprint density at radius 2 is 1.44 bits per heavy atom. The van der Waals surface area contributed by atoms with E-state index in [0.717, 1.165) is 29.9 Å². The van der Waals surface area contributed by atoms with Gasteiger partial charge in [0.2, 0.25) is 0 Å². The van der Waals surface area contributed by atoms with Gasteiger partial charge in [0.1, 0.15) is 5.82 Å². The van der Waals surface area contributed by atoms with E-state index in [2.05, 4.69) is 20.4 Å². The highest BCUT2D eigenvalue weighted by Crippen LogP contribution is 2.06. The molecular formula is C20H25FIN3O2. The quantitative estimate of drug-likeness (QED) is 0.274. The Bertz CT molecular complexity index is 734. The lowest BCUT2D eigenvalue weighted by Gasteiger charge is -2.12. The minimum atomic E-state index is -0.333. The third kappa shape index (κ3) is 7.94. The second-order valence-electron chi connectivity index (χ2n) is 5.74. The van der Waals surface area contributed by atoms with E-state index in [1.807, 2.05) is 12.1 Å². The molecule has 0 aliphatic heterocycles. The predicted octanol–water partition coefficient (Wildman–Crippen LogP) is 3.18. The number of guanidine groups is 1. The largest absolute Gasteiger partial charge is 0.465 e. The van der Waals surface area contributed by atoms with Gasteiger partial charge >= 0.3 is 5.97 Å². The summed E-state index contributed by atoms with van der Waals surface area (Å²) in [4.78, 5) is 15.6. The molecule has 2 aromatic carbocycles. The van der Waals surface area contributed by atoms with Crippen LogP contribution in [0.1, 0.15) is 21.5 Å². The number of carbonyl (C=O) groups is 1. The second-order valence-corrected chi connectivity index (χ2v) is 5.74.